The predicted molar refractivity (Wildman–Crippen MR) is 133 cm³/mol. The molecule has 4 rings (SSSR count). The van der Waals surface area contributed by atoms with Crippen molar-refractivity contribution in [2.24, 2.45) is 0 Å². The number of pyridine rings is 1. The van der Waals surface area contributed by atoms with Gasteiger partial charge in [-0.05, 0) is 43.7 Å². The van der Waals surface area contributed by atoms with Crippen LogP contribution in [0, 0.1) is 0 Å². The molecule has 2 heterocycles. The third kappa shape index (κ3) is 5.52. The highest BCUT2D eigenvalue weighted by atomic mass is 32.2. The number of aromatic nitrogens is 1. The molecule has 0 atom stereocenters. The Morgan fingerprint density at radius 2 is 1.50 bits per heavy atom. The average molecular weight is 484 g/mol. The van der Waals surface area contributed by atoms with Crippen molar-refractivity contribution >= 4 is 27.1 Å². The number of nitrogens with zero attached hydrogens (tertiary/aromatic N) is 3. The normalized spacial score (nSPS) is 15.4. The molecule has 0 saturated carbocycles. The molecule has 1 fully saturated rings. The minimum atomic E-state index is -3.42. The number of benzene rings is 1. The van der Waals surface area contributed by atoms with Gasteiger partial charge in [0.2, 0.25) is 10.0 Å². The van der Waals surface area contributed by atoms with Gasteiger partial charge in [0.25, 0.3) is 10.9 Å². The lowest BCUT2D eigenvalue weighted by Crippen LogP contribution is -2.48. The number of piperazine rings is 1. The summed E-state index contributed by atoms with van der Waals surface area (Å²) in [6, 6.07) is 12.0. The second-order valence-corrected chi connectivity index (χ2v) is 10.3. The summed E-state index contributed by atoms with van der Waals surface area (Å²) >= 11 is 0. The third-order valence-corrected chi connectivity index (χ3v) is 7.94. The zero-order valence-corrected chi connectivity index (χ0v) is 19.8. The van der Waals surface area contributed by atoms with E-state index < -0.39 is 20.9 Å². The van der Waals surface area contributed by atoms with Crippen LogP contribution in [0.5, 0.6) is 0 Å². The summed E-state index contributed by atoms with van der Waals surface area (Å²) in [4.78, 5) is 30.3. The first-order chi connectivity index (χ1) is 16.5. The third-order valence-electron chi connectivity index (χ3n) is 6.03. The van der Waals surface area contributed by atoms with E-state index in [1.807, 2.05) is 6.07 Å². The van der Waals surface area contributed by atoms with Crippen LogP contribution in [0.3, 0.4) is 0 Å². The van der Waals surface area contributed by atoms with Crippen molar-refractivity contribution in [1.82, 2.24) is 14.2 Å². The summed E-state index contributed by atoms with van der Waals surface area (Å²) in [7, 11) is -3.42. The van der Waals surface area contributed by atoms with Crippen molar-refractivity contribution in [3.05, 3.63) is 75.3 Å². The van der Waals surface area contributed by atoms with Crippen molar-refractivity contribution in [2.45, 2.75) is 24.2 Å². The van der Waals surface area contributed by atoms with E-state index in [4.69, 9.17) is 0 Å². The summed E-state index contributed by atoms with van der Waals surface area (Å²) in [6.07, 6.45) is 6.06. The van der Waals surface area contributed by atoms with Gasteiger partial charge in [-0.2, -0.15) is 4.31 Å². The monoisotopic (exact) mass is 483 g/mol. The highest BCUT2D eigenvalue weighted by molar-refractivity contribution is 7.89. The molecule has 0 radical (unpaired) electrons. The number of sulfonamides is 1. The zero-order valence-electron chi connectivity index (χ0n) is 18.9. The lowest BCUT2D eigenvalue weighted by atomic mass is 10.1. The van der Waals surface area contributed by atoms with Gasteiger partial charge in [0.1, 0.15) is 11.4 Å². The Labute approximate surface area is 199 Å². The van der Waals surface area contributed by atoms with E-state index in [0.717, 1.165) is 38.9 Å². The molecule has 0 aliphatic carbocycles. The zero-order chi connectivity index (χ0) is 24.0. The maximum absolute atomic E-state index is 12.7. The number of hydrogen-bond donors (Lipinski definition) is 2. The Bertz CT molecular complexity index is 1250. The van der Waals surface area contributed by atoms with Crippen molar-refractivity contribution in [3.63, 3.8) is 0 Å². The van der Waals surface area contributed by atoms with Crippen LogP contribution < -0.4 is 21.5 Å². The van der Waals surface area contributed by atoms with Gasteiger partial charge in [-0.1, -0.05) is 24.6 Å². The van der Waals surface area contributed by atoms with Crippen LogP contribution in [0.25, 0.3) is 0 Å². The minimum absolute atomic E-state index is 0.305. The molecule has 2 aromatic carbocycles. The van der Waals surface area contributed by atoms with E-state index in [1.54, 1.807) is 53.1 Å². The molecule has 10 heteroatoms. The van der Waals surface area contributed by atoms with Crippen LogP contribution in [-0.2, 0) is 10.0 Å². The summed E-state index contributed by atoms with van der Waals surface area (Å²) in [5.41, 5.74) is 0.367. The van der Waals surface area contributed by atoms with Gasteiger partial charge in [0.15, 0.2) is 0 Å². The van der Waals surface area contributed by atoms with E-state index >= 15 is 0 Å². The van der Waals surface area contributed by atoms with Crippen LogP contribution in [-0.4, -0.2) is 61.9 Å². The van der Waals surface area contributed by atoms with E-state index in [-0.39, 0.29) is 0 Å². The summed E-state index contributed by atoms with van der Waals surface area (Å²) < 4.78 is 27.0. The van der Waals surface area contributed by atoms with Gasteiger partial charge in [-0.3, -0.25) is 14.6 Å². The quantitative estimate of drug-likeness (QED) is 0.315. The maximum atomic E-state index is 12.7. The molecule has 1 saturated heterocycles. The number of nitrogens with one attached hydrogen (secondary N) is 2. The Morgan fingerprint density at radius 3 is 2.21 bits per heavy atom. The number of anilines is 3. The van der Waals surface area contributed by atoms with Crippen LogP contribution in [0.15, 0.2) is 69.3 Å². The molecule has 0 amide bonds. The van der Waals surface area contributed by atoms with Gasteiger partial charge in [-0.25, -0.2) is 8.42 Å². The molecule has 1 aromatic heterocycles. The summed E-state index contributed by atoms with van der Waals surface area (Å²) in [5, 5.41) is 6.07. The van der Waals surface area contributed by atoms with Gasteiger partial charge < -0.3 is 15.5 Å². The lowest BCUT2D eigenvalue weighted by molar-refractivity contribution is 0.185. The Hall–Kier alpha value is -3.08. The van der Waals surface area contributed by atoms with E-state index in [2.05, 4.69) is 20.5 Å². The standard InChI is InChI=1S/C24H29N5O4S/c30-23-21(22(24(23)31)27-19-9-12-25-13-10-19)26-11-5-2-6-14-28-15-17-29(18-16-28)34(32,33)20-7-3-1-4-8-20/h1,3-4,7-10,12-13,26H,2,5-6,11,14-18H2,(H,25,27). The largest absolute Gasteiger partial charge is 0.380 e. The SMILES string of the molecule is O=c1c(NCCCCCN2CCN(S(=O)(=O)c3ccccc3)CC2)c(Nc2ccncc2)c1=O. The fraction of sp³-hybridized carbons (Fsp3) is 0.375. The summed E-state index contributed by atoms with van der Waals surface area (Å²) in [5.74, 6) is 0. The van der Waals surface area contributed by atoms with Crippen molar-refractivity contribution in [2.75, 3.05) is 49.9 Å². The molecule has 1 aliphatic rings. The first-order valence-corrected chi connectivity index (χ1v) is 12.9. The molecule has 180 valence electrons. The molecular formula is C24H29N5O4S. The highest BCUT2D eigenvalue weighted by Gasteiger charge is 2.28. The van der Waals surface area contributed by atoms with Gasteiger partial charge >= 0.3 is 0 Å². The molecule has 34 heavy (non-hydrogen) atoms. The van der Waals surface area contributed by atoms with E-state index in [9.17, 15) is 18.0 Å². The fourth-order valence-electron chi connectivity index (χ4n) is 4.04. The number of hydrogen-bond acceptors (Lipinski definition) is 8. The second-order valence-electron chi connectivity index (χ2n) is 8.32. The smallest absolute Gasteiger partial charge is 0.253 e. The molecule has 2 N–H and O–H groups in total. The molecule has 1 aliphatic heterocycles. The van der Waals surface area contributed by atoms with Gasteiger partial charge in [-0.15, -0.1) is 0 Å². The first kappa shape index (κ1) is 24.1. The molecule has 3 aromatic rings. The Balaban J connectivity index is 1.14. The molecule has 9 nitrogen and oxygen atoms in total. The van der Waals surface area contributed by atoms with Crippen LogP contribution in [0.4, 0.5) is 17.1 Å². The number of rotatable bonds is 11. The summed E-state index contributed by atoms with van der Waals surface area (Å²) in [6.45, 7) is 3.95. The second kappa shape index (κ2) is 10.9. The van der Waals surface area contributed by atoms with Crippen LogP contribution in [0.1, 0.15) is 19.3 Å². The van der Waals surface area contributed by atoms with Crippen LogP contribution >= 0.6 is 0 Å². The van der Waals surface area contributed by atoms with E-state index in [1.165, 1.54) is 0 Å². The highest BCUT2D eigenvalue weighted by Crippen LogP contribution is 2.20. The van der Waals surface area contributed by atoms with Crippen molar-refractivity contribution in [1.29, 1.82) is 0 Å². The predicted octanol–water partition coefficient (Wildman–Crippen LogP) is 2.01. The maximum Gasteiger partial charge on any atom is 0.253 e. The van der Waals surface area contributed by atoms with Gasteiger partial charge in [0, 0.05) is 50.8 Å². The molecule has 0 bridgehead atoms. The first-order valence-electron chi connectivity index (χ1n) is 11.5. The minimum Gasteiger partial charge on any atom is -0.380 e. The molecular weight excluding hydrogens is 454 g/mol. The number of unbranched alkanes of at least 4 members (excludes halogenated alkanes) is 2. The van der Waals surface area contributed by atoms with Crippen molar-refractivity contribution < 1.29 is 8.42 Å². The molecule has 0 unspecified atom stereocenters. The Morgan fingerprint density at radius 1 is 0.824 bits per heavy atom. The van der Waals surface area contributed by atoms with Crippen LogP contribution in [0.2, 0.25) is 0 Å². The van der Waals surface area contributed by atoms with Crippen molar-refractivity contribution in [3.8, 4) is 0 Å². The average Bonchev–Trinajstić information content (AvgIpc) is 2.88. The van der Waals surface area contributed by atoms with Gasteiger partial charge in [0.05, 0.1) is 4.90 Å². The Kier molecular flexibility index (Phi) is 7.71. The lowest BCUT2D eigenvalue weighted by Gasteiger charge is -2.34. The topological polar surface area (TPSA) is 112 Å². The van der Waals surface area contributed by atoms with E-state index in [0.29, 0.717) is 41.6 Å². The molecule has 0 spiro atoms. The fourth-order valence-corrected chi connectivity index (χ4v) is 5.49.